The van der Waals surface area contributed by atoms with E-state index >= 15 is 0 Å². The molecule has 0 heterocycles. The van der Waals surface area contributed by atoms with E-state index in [1.165, 1.54) is 5.56 Å². The van der Waals surface area contributed by atoms with E-state index in [0.717, 1.165) is 5.56 Å². The standard InChI is InChI=1S/C23H16Cl3NO/c1-15-2-4-16(5-3-15)14-28-23-9-7-19(24)11-17(23)10-18(13-27)21-8-6-20(25)12-22(21)26/h2-12H,14H2,1H3/b18-10+. The number of hydrogen-bond donors (Lipinski definition) is 0. The molecule has 0 amide bonds. The van der Waals surface area contributed by atoms with Crippen LogP contribution in [0.25, 0.3) is 11.6 Å². The van der Waals surface area contributed by atoms with Crippen LogP contribution in [0.1, 0.15) is 22.3 Å². The molecule has 3 aromatic rings. The van der Waals surface area contributed by atoms with E-state index in [-0.39, 0.29) is 0 Å². The van der Waals surface area contributed by atoms with Gasteiger partial charge in [-0.05, 0) is 48.9 Å². The molecule has 0 radical (unpaired) electrons. The molecule has 0 aliphatic heterocycles. The minimum Gasteiger partial charge on any atom is -0.488 e. The lowest BCUT2D eigenvalue weighted by Crippen LogP contribution is -1.97. The van der Waals surface area contributed by atoms with Crippen LogP contribution in [-0.4, -0.2) is 0 Å². The smallest absolute Gasteiger partial charge is 0.127 e. The van der Waals surface area contributed by atoms with Crippen LogP contribution in [0.15, 0.2) is 60.7 Å². The molecule has 0 atom stereocenters. The normalized spacial score (nSPS) is 11.2. The van der Waals surface area contributed by atoms with E-state index in [4.69, 9.17) is 39.5 Å². The van der Waals surface area contributed by atoms with Crippen molar-refractivity contribution in [1.82, 2.24) is 0 Å². The van der Waals surface area contributed by atoms with Crippen LogP contribution >= 0.6 is 34.8 Å². The van der Waals surface area contributed by atoms with Crippen LogP contribution in [0.3, 0.4) is 0 Å². The predicted octanol–water partition coefficient (Wildman–Crippen LogP) is 7.60. The maximum Gasteiger partial charge on any atom is 0.127 e. The van der Waals surface area contributed by atoms with Crippen molar-refractivity contribution in [2.24, 2.45) is 0 Å². The van der Waals surface area contributed by atoms with Crippen molar-refractivity contribution in [2.75, 3.05) is 0 Å². The average Bonchev–Trinajstić information content (AvgIpc) is 2.67. The molecule has 2 nitrogen and oxygen atoms in total. The number of nitrogens with zero attached hydrogens (tertiary/aromatic N) is 1. The first-order valence-electron chi connectivity index (χ1n) is 8.51. The van der Waals surface area contributed by atoms with E-state index in [1.54, 1.807) is 42.5 Å². The molecule has 0 spiro atoms. The Hall–Kier alpha value is -2.44. The molecule has 0 aromatic heterocycles. The topological polar surface area (TPSA) is 33.0 Å². The summed E-state index contributed by atoms with van der Waals surface area (Å²) in [4.78, 5) is 0. The number of aryl methyl sites for hydroxylation is 1. The first kappa shape index (κ1) is 20.3. The summed E-state index contributed by atoms with van der Waals surface area (Å²) in [7, 11) is 0. The summed E-state index contributed by atoms with van der Waals surface area (Å²) in [5.41, 5.74) is 3.93. The van der Waals surface area contributed by atoms with Gasteiger partial charge in [-0.1, -0.05) is 70.7 Å². The third-order valence-corrected chi connectivity index (χ3v) is 4.91. The van der Waals surface area contributed by atoms with Crippen LogP contribution in [0.5, 0.6) is 5.75 Å². The van der Waals surface area contributed by atoms with E-state index < -0.39 is 0 Å². The monoisotopic (exact) mass is 427 g/mol. The van der Waals surface area contributed by atoms with Gasteiger partial charge in [0, 0.05) is 21.2 Å². The molecule has 0 aliphatic rings. The number of nitriles is 1. The van der Waals surface area contributed by atoms with Crippen LogP contribution in [0.2, 0.25) is 15.1 Å². The quantitative estimate of drug-likeness (QED) is 0.309. The molecule has 140 valence electrons. The SMILES string of the molecule is Cc1ccc(COc2ccc(Cl)cc2/C=C(\C#N)c2ccc(Cl)cc2Cl)cc1. The molecule has 0 saturated carbocycles. The highest BCUT2D eigenvalue weighted by Gasteiger charge is 2.10. The zero-order chi connectivity index (χ0) is 20.1. The van der Waals surface area contributed by atoms with E-state index in [1.807, 2.05) is 31.2 Å². The summed E-state index contributed by atoms with van der Waals surface area (Å²) in [5.74, 6) is 0.628. The second-order valence-corrected chi connectivity index (χ2v) is 7.53. The van der Waals surface area contributed by atoms with Crippen molar-refractivity contribution in [3.63, 3.8) is 0 Å². The van der Waals surface area contributed by atoms with Gasteiger partial charge in [0.1, 0.15) is 12.4 Å². The second kappa shape index (κ2) is 9.17. The Morgan fingerprint density at radius 3 is 2.32 bits per heavy atom. The van der Waals surface area contributed by atoms with Crippen LogP contribution in [-0.2, 0) is 6.61 Å². The molecule has 3 rings (SSSR count). The van der Waals surface area contributed by atoms with Crippen molar-refractivity contribution in [1.29, 1.82) is 5.26 Å². The molecular weight excluding hydrogens is 413 g/mol. The highest BCUT2D eigenvalue weighted by atomic mass is 35.5. The first-order chi connectivity index (χ1) is 13.5. The largest absolute Gasteiger partial charge is 0.488 e. The highest BCUT2D eigenvalue weighted by Crippen LogP contribution is 2.31. The number of benzene rings is 3. The minimum atomic E-state index is 0.393. The van der Waals surface area contributed by atoms with Gasteiger partial charge < -0.3 is 4.74 Å². The van der Waals surface area contributed by atoms with Crippen LogP contribution in [0.4, 0.5) is 0 Å². The number of hydrogen-bond acceptors (Lipinski definition) is 2. The Kier molecular flexibility index (Phi) is 6.65. The van der Waals surface area contributed by atoms with Crippen molar-refractivity contribution >= 4 is 46.5 Å². The van der Waals surface area contributed by atoms with Crippen molar-refractivity contribution in [3.8, 4) is 11.8 Å². The third kappa shape index (κ3) is 5.09. The van der Waals surface area contributed by atoms with Crippen molar-refractivity contribution < 1.29 is 4.74 Å². The molecule has 3 aromatic carbocycles. The van der Waals surface area contributed by atoms with E-state index in [0.29, 0.717) is 44.1 Å². The molecule has 0 N–H and O–H groups in total. The second-order valence-electron chi connectivity index (χ2n) is 6.25. The third-order valence-electron chi connectivity index (χ3n) is 4.13. The number of rotatable bonds is 5. The molecule has 0 saturated heterocycles. The van der Waals surface area contributed by atoms with E-state index in [2.05, 4.69) is 6.07 Å². The maximum atomic E-state index is 9.64. The number of allylic oxidation sites excluding steroid dienone is 1. The summed E-state index contributed by atoms with van der Waals surface area (Å²) >= 11 is 18.4. The Labute approximate surface area is 179 Å². The van der Waals surface area contributed by atoms with Gasteiger partial charge in [0.15, 0.2) is 0 Å². The van der Waals surface area contributed by atoms with Gasteiger partial charge in [0.05, 0.1) is 16.7 Å². The molecule has 0 bridgehead atoms. The zero-order valence-corrected chi connectivity index (χ0v) is 17.3. The fourth-order valence-corrected chi connectivity index (χ4v) is 3.33. The molecule has 5 heteroatoms. The van der Waals surface area contributed by atoms with Crippen LogP contribution in [0, 0.1) is 18.3 Å². The van der Waals surface area contributed by atoms with Crippen molar-refractivity contribution in [2.45, 2.75) is 13.5 Å². The van der Waals surface area contributed by atoms with Gasteiger partial charge in [0.25, 0.3) is 0 Å². The van der Waals surface area contributed by atoms with Gasteiger partial charge in [-0.2, -0.15) is 5.26 Å². The Morgan fingerprint density at radius 2 is 1.64 bits per heavy atom. The summed E-state index contributed by atoms with van der Waals surface area (Å²) in [6.45, 7) is 2.45. The Bertz CT molecular complexity index is 1070. The summed E-state index contributed by atoms with van der Waals surface area (Å²) in [6, 6.07) is 20.6. The summed E-state index contributed by atoms with van der Waals surface area (Å²) in [6.07, 6.45) is 1.71. The molecule has 0 fully saturated rings. The van der Waals surface area contributed by atoms with E-state index in [9.17, 15) is 5.26 Å². The molecule has 0 unspecified atom stereocenters. The van der Waals surface area contributed by atoms with Gasteiger partial charge in [0.2, 0.25) is 0 Å². The lowest BCUT2D eigenvalue weighted by Gasteiger charge is -2.11. The lowest BCUT2D eigenvalue weighted by molar-refractivity contribution is 0.305. The average molecular weight is 429 g/mol. The summed E-state index contributed by atoms with van der Waals surface area (Å²) in [5, 5.41) is 11.1. The van der Waals surface area contributed by atoms with Crippen LogP contribution < -0.4 is 4.74 Å². The number of ether oxygens (including phenoxy) is 1. The van der Waals surface area contributed by atoms with Crippen molar-refractivity contribution in [3.05, 3.63) is 98.0 Å². The van der Waals surface area contributed by atoms with Gasteiger partial charge in [-0.25, -0.2) is 0 Å². The molecular formula is C23H16Cl3NO. The minimum absolute atomic E-state index is 0.393. The molecule has 0 aliphatic carbocycles. The predicted molar refractivity (Wildman–Crippen MR) is 117 cm³/mol. The first-order valence-corrected chi connectivity index (χ1v) is 9.65. The maximum absolute atomic E-state index is 9.64. The fraction of sp³-hybridized carbons (Fsp3) is 0.0870. The Morgan fingerprint density at radius 1 is 0.964 bits per heavy atom. The number of halogens is 3. The van der Waals surface area contributed by atoms with Gasteiger partial charge in [-0.3, -0.25) is 0 Å². The van der Waals surface area contributed by atoms with Gasteiger partial charge in [-0.15, -0.1) is 0 Å². The molecule has 28 heavy (non-hydrogen) atoms. The van der Waals surface area contributed by atoms with Gasteiger partial charge >= 0.3 is 0 Å². The Balaban J connectivity index is 1.93. The zero-order valence-electron chi connectivity index (χ0n) is 15.0. The highest BCUT2D eigenvalue weighted by molar-refractivity contribution is 6.36. The fourth-order valence-electron chi connectivity index (χ4n) is 2.64. The lowest BCUT2D eigenvalue weighted by atomic mass is 10.0. The summed E-state index contributed by atoms with van der Waals surface area (Å²) < 4.78 is 5.98.